The summed E-state index contributed by atoms with van der Waals surface area (Å²) in [5.41, 5.74) is 1.36. The van der Waals surface area contributed by atoms with E-state index in [-0.39, 0.29) is 5.91 Å². The van der Waals surface area contributed by atoms with Crippen LogP contribution in [0, 0.1) is 0 Å². The lowest BCUT2D eigenvalue weighted by Crippen LogP contribution is -2.28. The summed E-state index contributed by atoms with van der Waals surface area (Å²) in [6.07, 6.45) is 3.04. The number of carbonyl (C=O) groups excluding carboxylic acids is 2. The van der Waals surface area contributed by atoms with Crippen LogP contribution >= 0.6 is 0 Å². The van der Waals surface area contributed by atoms with E-state index < -0.39 is 11.7 Å². The Labute approximate surface area is 147 Å². The van der Waals surface area contributed by atoms with Crippen molar-refractivity contribution in [2.75, 3.05) is 12.4 Å². The lowest BCUT2D eigenvalue weighted by atomic mass is 10.1. The fourth-order valence-corrected chi connectivity index (χ4v) is 2.27. The lowest BCUT2D eigenvalue weighted by molar-refractivity contribution is 0.0635. The minimum atomic E-state index is -0.582. The van der Waals surface area contributed by atoms with Crippen molar-refractivity contribution in [2.45, 2.75) is 32.9 Å². The second kappa shape index (κ2) is 7.38. The summed E-state index contributed by atoms with van der Waals surface area (Å²) < 4.78 is 6.91. The minimum Gasteiger partial charge on any atom is -0.444 e. The van der Waals surface area contributed by atoms with Crippen LogP contribution in [0.4, 0.5) is 10.5 Å². The van der Waals surface area contributed by atoms with Crippen LogP contribution in [0.25, 0.3) is 0 Å². The van der Waals surface area contributed by atoms with Gasteiger partial charge in [0.05, 0.1) is 6.20 Å². The number of hydrogen-bond donors (Lipinski definition) is 1. The molecule has 0 atom stereocenters. The Morgan fingerprint density at radius 3 is 2.64 bits per heavy atom. The number of nitrogens with zero attached hydrogens (tertiary/aromatic N) is 3. The molecule has 0 saturated carbocycles. The molecular weight excluding hydrogens is 320 g/mol. The van der Waals surface area contributed by atoms with Crippen LogP contribution in [0.5, 0.6) is 0 Å². The molecule has 0 spiro atoms. The maximum Gasteiger partial charge on any atom is 0.412 e. The summed E-state index contributed by atoms with van der Waals surface area (Å²) in [6, 6.07) is 6.77. The number of carbonyl (C=O) groups is 2. The molecule has 7 nitrogen and oxygen atoms in total. The highest BCUT2D eigenvalue weighted by Crippen LogP contribution is 2.15. The van der Waals surface area contributed by atoms with Gasteiger partial charge in [-0.05, 0) is 39.0 Å². The molecule has 0 unspecified atom stereocenters. The largest absolute Gasteiger partial charge is 0.444 e. The Morgan fingerprint density at radius 1 is 1.32 bits per heavy atom. The van der Waals surface area contributed by atoms with Crippen molar-refractivity contribution in [3.8, 4) is 0 Å². The molecule has 1 N–H and O–H groups in total. The van der Waals surface area contributed by atoms with Crippen molar-refractivity contribution in [3.63, 3.8) is 0 Å². The van der Waals surface area contributed by atoms with Gasteiger partial charge in [-0.1, -0.05) is 6.07 Å². The van der Waals surface area contributed by atoms with E-state index in [0.717, 1.165) is 5.56 Å². The summed E-state index contributed by atoms with van der Waals surface area (Å²) in [6.45, 7) is 5.83. The zero-order chi connectivity index (χ0) is 18.6. The van der Waals surface area contributed by atoms with Crippen LogP contribution in [0.3, 0.4) is 0 Å². The number of aromatic nitrogens is 2. The molecule has 25 heavy (non-hydrogen) atoms. The summed E-state index contributed by atoms with van der Waals surface area (Å²) in [4.78, 5) is 26.0. The Kier molecular flexibility index (Phi) is 5.46. The second-order valence-corrected chi connectivity index (χ2v) is 6.89. The molecule has 0 aliphatic carbocycles. The van der Waals surface area contributed by atoms with Gasteiger partial charge in [0.1, 0.15) is 5.60 Å². The summed E-state index contributed by atoms with van der Waals surface area (Å²) in [5, 5.41) is 6.74. The van der Waals surface area contributed by atoms with E-state index in [9.17, 15) is 9.59 Å². The average molecular weight is 344 g/mol. The van der Waals surface area contributed by atoms with E-state index in [1.54, 1.807) is 67.9 Å². The van der Waals surface area contributed by atoms with Gasteiger partial charge in [0.25, 0.3) is 5.91 Å². The first-order valence-electron chi connectivity index (χ1n) is 7.97. The van der Waals surface area contributed by atoms with Crippen LogP contribution in [0.1, 0.15) is 36.7 Å². The van der Waals surface area contributed by atoms with Gasteiger partial charge in [0, 0.05) is 43.7 Å². The van der Waals surface area contributed by atoms with E-state index in [1.165, 1.54) is 0 Å². The quantitative estimate of drug-likeness (QED) is 0.925. The number of rotatable bonds is 4. The first-order valence-corrected chi connectivity index (χ1v) is 7.97. The topological polar surface area (TPSA) is 76.5 Å². The fraction of sp³-hybridized carbons (Fsp3) is 0.389. The molecule has 134 valence electrons. The molecule has 2 amide bonds. The monoisotopic (exact) mass is 344 g/mol. The van der Waals surface area contributed by atoms with Crippen LogP contribution < -0.4 is 5.32 Å². The van der Waals surface area contributed by atoms with Crippen molar-refractivity contribution in [2.24, 2.45) is 7.05 Å². The smallest absolute Gasteiger partial charge is 0.412 e. The van der Waals surface area contributed by atoms with Crippen LogP contribution in [0.15, 0.2) is 36.7 Å². The van der Waals surface area contributed by atoms with Gasteiger partial charge < -0.3 is 9.64 Å². The van der Waals surface area contributed by atoms with Crippen LogP contribution in [0.2, 0.25) is 0 Å². The first-order chi connectivity index (χ1) is 11.6. The number of aryl methyl sites for hydroxylation is 1. The molecule has 0 aliphatic heterocycles. The van der Waals surface area contributed by atoms with Gasteiger partial charge in [-0.15, -0.1) is 0 Å². The average Bonchev–Trinajstić information content (AvgIpc) is 2.89. The maximum absolute atomic E-state index is 12.6. The van der Waals surface area contributed by atoms with Crippen molar-refractivity contribution >= 4 is 17.7 Å². The third kappa shape index (κ3) is 5.63. The predicted octanol–water partition coefficient (Wildman–Crippen LogP) is 3.04. The molecule has 0 bridgehead atoms. The van der Waals surface area contributed by atoms with E-state index >= 15 is 0 Å². The standard InChI is InChI=1S/C18H24N4O3/c1-18(2,3)25-17(24)20-15-8-6-7-14(9-15)16(23)21(4)11-13-10-19-22(5)12-13/h6-10,12H,11H2,1-5H3,(H,20,24). The Morgan fingerprint density at radius 2 is 2.04 bits per heavy atom. The van der Waals surface area contributed by atoms with E-state index in [1.807, 2.05) is 13.2 Å². The lowest BCUT2D eigenvalue weighted by Gasteiger charge is -2.20. The number of hydrogen-bond acceptors (Lipinski definition) is 4. The SMILES string of the molecule is CN(Cc1cnn(C)c1)C(=O)c1cccc(NC(=O)OC(C)(C)C)c1. The summed E-state index contributed by atoms with van der Waals surface area (Å²) >= 11 is 0. The predicted molar refractivity (Wildman–Crippen MR) is 95.3 cm³/mol. The van der Waals surface area contributed by atoms with Crippen molar-refractivity contribution in [1.29, 1.82) is 0 Å². The Balaban J connectivity index is 2.04. The van der Waals surface area contributed by atoms with Gasteiger partial charge >= 0.3 is 6.09 Å². The molecule has 1 aromatic carbocycles. The zero-order valence-electron chi connectivity index (χ0n) is 15.2. The van der Waals surface area contributed by atoms with Gasteiger partial charge in [-0.3, -0.25) is 14.8 Å². The molecule has 0 aliphatic rings. The maximum atomic E-state index is 12.6. The molecular formula is C18H24N4O3. The molecule has 1 heterocycles. The molecule has 2 aromatic rings. The van der Waals surface area contributed by atoms with Crippen LogP contribution in [-0.2, 0) is 18.3 Å². The van der Waals surface area contributed by atoms with E-state index in [2.05, 4.69) is 10.4 Å². The highest BCUT2D eigenvalue weighted by atomic mass is 16.6. The van der Waals surface area contributed by atoms with E-state index in [0.29, 0.717) is 17.8 Å². The highest BCUT2D eigenvalue weighted by Gasteiger charge is 2.17. The molecule has 1 aromatic heterocycles. The first kappa shape index (κ1) is 18.5. The molecule has 0 fully saturated rings. The number of amides is 2. The minimum absolute atomic E-state index is 0.142. The molecule has 7 heteroatoms. The highest BCUT2D eigenvalue weighted by molar-refractivity contribution is 5.96. The van der Waals surface area contributed by atoms with Crippen molar-refractivity contribution in [3.05, 3.63) is 47.8 Å². The Bertz CT molecular complexity index is 762. The number of benzene rings is 1. The third-order valence-electron chi connectivity index (χ3n) is 3.28. The second-order valence-electron chi connectivity index (χ2n) is 6.89. The van der Waals surface area contributed by atoms with Gasteiger partial charge in [0.15, 0.2) is 0 Å². The van der Waals surface area contributed by atoms with Gasteiger partial charge in [0.2, 0.25) is 0 Å². The van der Waals surface area contributed by atoms with Gasteiger partial charge in [-0.2, -0.15) is 5.10 Å². The zero-order valence-corrected chi connectivity index (χ0v) is 15.2. The molecule has 0 saturated heterocycles. The number of anilines is 1. The third-order valence-corrected chi connectivity index (χ3v) is 3.28. The number of nitrogens with one attached hydrogen (secondary N) is 1. The summed E-state index contributed by atoms with van der Waals surface area (Å²) in [5.74, 6) is -0.142. The number of ether oxygens (including phenoxy) is 1. The van der Waals surface area contributed by atoms with Crippen molar-refractivity contribution < 1.29 is 14.3 Å². The fourth-order valence-electron chi connectivity index (χ4n) is 2.27. The van der Waals surface area contributed by atoms with Gasteiger partial charge in [-0.25, -0.2) is 4.79 Å². The van der Waals surface area contributed by atoms with Crippen molar-refractivity contribution in [1.82, 2.24) is 14.7 Å². The summed E-state index contributed by atoms with van der Waals surface area (Å²) in [7, 11) is 3.56. The van der Waals surface area contributed by atoms with E-state index in [4.69, 9.17) is 4.74 Å². The molecule has 0 radical (unpaired) electrons. The van der Waals surface area contributed by atoms with Crippen LogP contribution in [-0.4, -0.2) is 39.3 Å². The Hall–Kier alpha value is -2.83. The normalized spacial score (nSPS) is 11.1. The molecule has 2 rings (SSSR count).